The minimum absolute atomic E-state index is 0.00511. The molecule has 0 aliphatic heterocycles. The highest BCUT2D eigenvalue weighted by Gasteiger charge is 2.61. The summed E-state index contributed by atoms with van der Waals surface area (Å²) in [6, 6.07) is 0. The highest BCUT2D eigenvalue weighted by Crippen LogP contribution is 2.67. The van der Waals surface area contributed by atoms with Crippen molar-refractivity contribution < 1.29 is 19.5 Å². The number of carbonyl (C=O) groups is 3. The van der Waals surface area contributed by atoms with Crippen LogP contribution in [-0.2, 0) is 14.4 Å². The number of rotatable bonds is 0. The molecule has 0 amide bonds. The van der Waals surface area contributed by atoms with E-state index in [4.69, 9.17) is 0 Å². The summed E-state index contributed by atoms with van der Waals surface area (Å²) in [6.45, 7) is 9.57. The van der Waals surface area contributed by atoms with Crippen LogP contribution in [0.25, 0.3) is 0 Å². The van der Waals surface area contributed by atoms with Gasteiger partial charge in [0.15, 0.2) is 0 Å². The van der Waals surface area contributed by atoms with Gasteiger partial charge >= 0.3 is 0 Å². The normalized spacial score (nSPS) is 54.8. The zero-order valence-corrected chi connectivity index (χ0v) is 27.1. The van der Waals surface area contributed by atoms with E-state index >= 15 is 0 Å². The van der Waals surface area contributed by atoms with Crippen LogP contribution >= 0.6 is 0 Å². The molecule has 8 saturated carbocycles. The standard InChI is InChI=1S/C19H30O2.C19H28O2/c2*1-18-9-7-13(20)11-12(18)3-4-14-15-5-6-17(21)19(15,2)10-8-16(14)18/h12,14-17,21H,3-11H2,1-2H3;12,14-16H,3-11H2,1-2H3/t12-,14-,15-,16-,17-,18-,19-;12-,14-,15-,16-,18-,19-/m00/s1. The zero-order valence-electron chi connectivity index (χ0n) is 27.1. The number of ketones is 3. The van der Waals surface area contributed by atoms with Crippen molar-refractivity contribution in [3.8, 4) is 0 Å². The first kappa shape index (κ1) is 29.7. The van der Waals surface area contributed by atoms with Crippen molar-refractivity contribution in [3.05, 3.63) is 0 Å². The monoisotopic (exact) mass is 578 g/mol. The average molecular weight is 579 g/mol. The van der Waals surface area contributed by atoms with Crippen molar-refractivity contribution >= 4 is 17.3 Å². The molecule has 0 unspecified atom stereocenters. The van der Waals surface area contributed by atoms with E-state index in [-0.39, 0.29) is 16.9 Å². The fraction of sp³-hybridized carbons (Fsp3) is 0.921. The SMILES string of the molecule is C[C@]12CCC(=O)C[C@@H]1CC[C@@H]1[C@@H]2CC[C@]2(C)C(=O)CC[C@@H]12.C[C@]12CCC(=O)C[C@@H]1CC[C@@H]1[C@@H]2CC[C@]2(C)[C@@H](O)CC[C@@H]12. The Kier molecular flexibility index (Phi) is 7.24. The summed E-state index contributed by atoms with van der Waals surface area (Å²) in [5.74, 6) is 7.34. The lowest BCUT2D eigenvalue weighted by Crippen LogP contribution is -2.54. The third-order valence-corrected chi connectivity index (χ3v) is 16.6. The zero-order chi connectivity index (χ0) is 29.7. The first-order valence-electron chi connectivity index (χ1n) is 18.1. The van der Waals surface area contributed by atoms with Crippen molar-refractivity contribution in [1.29, 1.82) is 0 Å². The van der Waals surface area contributed by atoms with Gasteiger partial charge < -0.3 is 5.11 Å². The molecule has 0 aromatic rings. The van der Waals surface area contributed by atoms with Crippen LogP contribution in [0.1, 0.15) is 143 Å². The predicted molar refractivity (Wildman–Crippen MR) is 164 cm³/mol. The lowest BCUT2D eigenvalue weighted by Gasteiger charge is -2.60. The minimum atomic E-state index is -0.0677. The first-order chi connectivity index (χ1) is 19.9. The van der Waals surface area contributed by atoms with Gasteiger partial charge in [-0.05, 0) is 147 Å². The number of Topliss-reactive ketones (excluding diaryl/α,β-unsaturated/α-hetero) is 3. The van der Waals surface area contributed by atoms with Gasteiger partial charge in [0.1, 0.15) is 17.3 Å². The second kappa shape index (κ2) is 10.2. The summed E-state index contributed by atoms with van der Waals surface area (Å²) >= 11 is 0. The average Bonchev–Trinajstić information content (AvgIpc) is 3.44. The van der Waals surface area contributed by atoms with Crippen LogP contribution in [0.4, 0.5) is 0 Å². The van der Waals surface area contributed by atoms with Gasteiger partial charge in [0.25, 0.3) is 0 Å². The Balaban J connectivity index is 0.000000137. The molecule has 0 aromatic heterocycles. The number of fused-ring (bicyclic) bond motifs is 10. The molecule has 0 bridgehead atoms. The van der Waals surface area contributed by atoms with E-state index < -0.39 is 0 Å². The second-order valence-electron chi connectivity index (χ2n) is 17.9. The van der Waals surface area contributed by atoms with Crippen LogP contribution in [0.15, 0.2) is 0 Å². The van der Waals surface area contributed by atoms with Gasteiger partial charge in [0.2, 0.25) is 0 Å². The van der Waals surface area contributed by atoms with Gasteiger partial charge in [-0.25, -0.2) is 0 Å². The third kappa shape index (κ3) is 4.25. The van der Waals surface area contributed by atoms with Crippen LogP contribution < -0.4 is 0 Å². The van der Waals surface area contributed by atoms with Crippen molar-refractivity contribution in [3.63, 3.8) is 0 Å². The molecule has 8 aliphatic rings. The first-order valence-corrected chi connectivity index (χ1v) is 18.1. The van der Waals surface area contributed by atoms with Gasteiger partial charge in [-0.1, -0.05) is 27.7 Å². The summed E-state index contributed by atoms with van der Waals surface area (Å²) in [5, 5.41) is 10.5. The Morgan fingerprint density at radius 2 is 1.05 bits per heavy atom. The number of aliphatic hydroxyl groups excluding tert-OH is 1. The number of hydrogen-bond acceptors (Lipinski definition) is 4. The molecule has 0 heterocycles. The van der Waals surface area contributed by atoms with Crippen LogP contribution in [0.5, 0.6) is 0 Å². The van der Waals surface area contributed by atoms with Crippen LogP contribution in [0.3, 0.4) is 0 Å². The quantitative estimate of drug-likeness (QED) is 0.315. The van der Waals surface area contributed by atoms with Gasteiger partial charge in [0.05, 0.1) is 6.10 Å². The molecule has 0 spiro atoms. The molecular weight excluding hydrogens is 520 g/mol. The summed E-state index contributed by atoms with van der Waals surface area (Å²) in [7, 11) is 0. The molecule has 13 atom stereocenters. The lowest BCUT2D eigenvalue weighted by atomic mass is 9.45. The maximum Gasteiger partial charge on any atom is 0.139 e. The van der Waals surface area contributed by atoms with E-state index in [1.54, 1.807) is 0 Å². The van der Waals surface area contributed by atoms with Gasteiger partial charge in [-0.2, -0.15) is 0 Å². The molecule has 8 rings (SSSR count). The molecule has 8 aliphatic carbocycles. The van der Waals surface area contributed by atoms with E-state index in [0.29, 0.717) is 45.9 Å². The Hall–Kier alpha value is -1.03. The van der Waals surface area contributed by atoms with E-state index in [1.807, 2.05) is 0 Å². The van der Waals surface area contributed by atoms with Crippen molar-refractivity contribution in [2.75, 3.05) is 0 Å². The van der Waals surface area contributed by atoms with E-state index in [9.17, 15) is 19.5 Å². The van der Waals surface area contributed by atoms with Gasteiger partial charge in [-0.3, -0.25) is 14.4 Å². The maximum atomic E-state index is 12.4. The smallest absolute Gasteiger partial charge is 0.139 e. The molecule has 8 fully saturated rings. The topological polar surface area (TPSA) is 71.4 Å². The van der Waals surface area contributed by atoms with Crippen LogP contribution in [0.2, 0.25) is 0 Å². The summed E-state index contributed by atoms with van der Waals surface area (Å²) in [5.41, 5.74) is 0.971. The summed E-state index contributed by atoms with van der Waals surface area (Å²) < 4.78 is 0. The van der Waals surface area contributed by atoms with Gasteiger partial charge in [-0.15, -0.1) is 0 Å². The highest BCUT2D eigenvalue weighted by atomic mass is 16.3. The number of aliphatic hydroxyl groups is 1. The molecule has 234 valence electrons. The molecule has 4 heteroatoms. The summed E-state index contributed by atoms with van der Waals surface area (Å²) in [6.07, 6.45) is 19.6. The molecular formula is C38H58O4. The van der Waals surface area contributed by atoms with E-state index in [1.165, 1.54) is 51.4 Å². The molecule has 4 nitrogen and oxygen atoms in total. The largest absolute Gasteiger partial charge is 0.393 e. The Morgan fingerprint density at radius 1 is 0.524 bits per heavy atom. The fourth-order valence-corrected chi connectivity index (χ4v) is 13.8. The van der Waals surface area contributed by atoms with Crippen LogP contribution in [0, 0.1) is 69.0 Å². The molecule has 0 radical (unpaired) electrons. The molecule has 0 saturated heterocycles. The second-order valence-corrected chi connectivity index (χ2v) is 17.9. The van der Waals surface area contributed by atoms with Gasteiger partial charge in [0, 0.05) is 37.5 Å². The van der Waals surface area contributed by atoms with Crippen molar-refractivity contribution in [2.24, 2.45) is 69.0 Å². The highest BCUT2D eigenvalue weighted by molar-refractivity contribution is 5.87. The van der Waals surface area contributed by atoms with Crippen molar-refractivity contribution in [1.82, 2.24) is 0 Å². The Bertz CT molecular complexity index is 1130. The van der Waals surface area contributed by atoms with Crippen LogP contribution in [-0.4, -0.2) is 28.6 Å². The minimum Gasteiger partial charge on any atom is -0.393 e. The van der Waals surface area contributed by atoms with Crippen molar-refractivity contribution in [2.45, 2.75) is 149 Å². The summed E-state index contributed by atoms with van der Waals surface area (Å²) in [4.78, 5) is 36.1. The Morgan fingerprint density at radius 3 is 1.64 bits per heavy atom. The lowest BCUT2D eigenvalue weighted by molar-refractivity contribution is -0.144. The number of hydrogen-bond donors (Lipinski definition) is 1. The molecule has 0 aromatic carbocycles. The third-order valence-electron chi connectivity index (χ3n) is 16.6. The Labute approximate surface area is 254 Å². The molecule has 1 N–H and O–H groups in total. The maximum absolute atomic E-state index is 12.4. The number of carbonyl (C=O) groups excluding carboxylic acids is 3. The van der Waals surface area contributed by atoms with E-state index in [2.05, 4.69) is 27.7 Å². The fourth-order valence-electron chi connectivity index (χ4n) is 13.8. The predicted octanol–water partition coefficient (Wildman–Crippen LogP) is 8.13. The molecule has 42 heavy (non-hydrogen) atoms. The van der Waals surface area contributed by atoms with E-state index in [0.717, 1.165) is 93.8 Å².